The zero-order valence-corrected chi connectivity index (χ0v) is 13.1. The fraction of sp³-hybridized carbons (Fsp3) is 0.125. The van der Waals surface area contributed by atoms with Crippen LogP contribution < -0.4 is 20.1 Å². The highest BCUT2D eigenvalue weighted by molar-refractivity contribution is 7.80. The standard InChI is InChI=1S/C16H16N2O3S/c1-20-13-7-3-5-11(9-13)15(19)18-16(22)17-12-6-4-8-14(10-12)21-2/h3-10H,1-2H3,(H2,17,18,19,22). The SMILES string of the molecule is COc1cccc(NC(=S)NC(=O)c2cccc(OC)c2)c1. The zero-order valence-electron chi connectivity index (χ0n) is 12.3. The summed E-state index contributed by atoms with van der Waals surface area (Å²) in [6.45, 7) is 0. The van der Waals surface area contributed by atoms with Crippen LogP contribution in [0.5, 0.6) is 11.5 Å². The highest BCUT2D eigenvalue weighted by Crippen LogP contribution is 2.16. The Bertz CT molecular complexity index is 689. The summed E-state index contributed by atoms with van der Waals surface area (Å²) < 4.78 is 10.2. The molecule has 0 atom stereocenters. The molecule has 22 heavy (non-hydrogen) atoms. The molecule has 0 bridgehead atoms. The third-order valence-corrected chi connectivity index (χ3v) is 3.09. The van der Waals surface area contributed by atoms with Crippen molar-refractivity contribution < 1.29 is 14.3 Å². The van der Waals surface area contributed by atoms with Gasteiger partial charge in [0.05, 0.1) is 14.2 Å². The Hall–Kier alpha value is -2.60. The predicted molar refractivity (Wildman–Crippen MR) is 89.7 cm³/mol. The maximum Gasteiger partial charge on any atom is 0.257 e. The summed E-state index contributed by atoms with van der Waals surface area (Å²) in [4.78, 5) is 12.1. The molecular formula is C16H16N2O3S. The fourth-order valence-electron chi connectivity index (χ4n) is 1.80. The molecule has 5 nitrogen and oxygen atoms in total. The molecule has 114 valence electrons. The molecule has 0 heterocycles. The summed E-state index contributed by atoms with van der Waals surface area (Å²) >= 11 is 5.14. The van der Waals surface area contributed by atoms with E-state index >= 15 is 0 Å². The highest BCUT2D eigenvalue weighted by atomic mass is 32.1. The number of thiocarbonyl (C=S) groups is 1. The number of hydrogen-bond acceptors (Lipinski definition) is 4. The van der Waals surface area contributed by atoms with E-state index in [9.17, 15) is 4.79 Å². The maximum absolute atomic E-state index is 12.1. The largest absolute Gasteiger partial charge is 0.497 e. The number of carbonyl (C=O) groups excluding carboxylic acids is 1. The number of anilines is 1. The van der Waals surface area contributed by atoms with Gasteiger partial charge in [-0.3, -0.25) is 10.1 Å². The Labute approximate surface area is 134 Å². The molecule has 0 radical (unpaired) electrons. The first-order valence-corrected chi connectivity index (χ1v) is 6.93. The molecular weight excluding hydrogens is 300 g/mol. The predicted octanol–water partition coefficient (Wildman–Crippen LogP) is 2.83. The summed E-state index contributed by atoms with van der Waals surface area (Å²) in [5, 5.41) is 5.76. The Balaban J connectivity index is 2.00. The van der Waals surface area contributed by atoms with Gasteiger partial charge < -0.3 is 14.8 Å². The van der Waals surface area contributed by atoms with Crippen molar-refractivity contribution in [1.82, 2.24) is 5.32 Å². The number of benzene rings is 2. The van der Waals surface area contributed by atoms with Gasteiger partial charge >= 0.3 is 0 Å². The van der Waals surface area contributed by atoms with E-state index in [1.165, 1.54) is 0 Å². The van der Waals surface area contributed by atoms with Crippen LogP contribution in [-0.4, -0.2) is 25.2 Å². The lowest BCUT2D eigenvalue weighted by Crippen LogP contribution is -2.34. The van der Waals surface area contributed by atoms with Crippen LogP contribution in [0.2, 0.25) is 0 Å². The fourth-order valence-corrected chi connectivity index (χ4v) is 2.01. The van der Waals surface area contributed by atoms with Gasteiger partial charge in [0, 0.05) is 17.3 Å². The molecule has 0 fully saturated rings. The van der Waals surface area contributed by atoms with Crippen molar-refractivity contribution in [3.8, 4) is 11.5 Å². The van der Waals surface area contributed by atoms with Crippen molar-refractivity contribution in [1.29, 1.82) is 0 Å². The van der Waals surface area contributed by atoms with Crippen molar-refractivity contribution in [2.45, 2.75) is 0 Å². The number of amides is 1. The molecule has 0 aliphatic rings. The maximum atomic E-state index is 12.1. The van der Waals surface area contributed by atoms with Gasteiger partial charge in [0.15, 0.2) is 5.11 Å². The van der Waals surface area contributed by atoms with E-state index in [4.69, 9.17) is 21.7 Å². The van der Waals surface area contributed by atoms with Crippen LogP contribution >= 0.6 is 12.2 Å². The lowest BCUT2D eigenvalue weighted by molar-refractivity contribution is 0.0977. The molecule has 0 aliphatic carbocycles. The Morgan fingerprint density at radius 3 is 2.32 bits per heavy atom. The van der Waals surface area contributed by atoms with Crippen LogP contribution in [0.15, 0.2) is 48.5 Å². The van der Waals surface area contributed by atoms with Gasteiger partial charge in [-0.2, -0.15) is 0 Å². The second-order valence-corrected chi connectivity index (χ2v) is 4.78. The molecule has 2 rings (SSSR count). The number of rotatable bonds is 4. The first kappa shape index (κ1) is 15.8. The van der Waals surface area contributed by atoms with Crippen molar-refractivity contribution >= 4 is 28.9 Å². The molecule has 0 saturated carbocycles. The first-order chi connectivity index (χ1) is 10.6. The monoisotopic (exact) mass is 316 g/mol. The van der Waals surface area contributed by atoms with Gasteiger partial charge in [0.1, 0.15) is 11.5 Å². The molecule has 2 N–H and O–H groups in total. The molecule has 1 amide bonds. The zero-order chi connectivity index (χ0) is 15.9. The van der Waals surface area contributed by atoms with Gasteiger partial charge in [-0.25, -0.2) is 0 Å². The normalized spacial score (nSPS) is 9.73. The van der Waals surface area contributed by atoms with Crippen LogP contribution in [0.1, 0.15) is 10.4 Å². The third kappa shape index (κ3) is 4.20. The van der Waals surface area contributed by atoms with E-state index in [2.05, 4.69) is 10.6 Å². The molecule has 6 heteroatoms. The number of hydrogen-bond donors (Lipinski definition) is 2. The highest BCUT2D eigenvalue weighted by Gasteiger charge is 2.09. The molecule has 0 aromatic heterocycles. The molecule has 0 spiro atoms. The van der Waals surface area contributed by atoms with Crippen LogP contribution in [0.3, 0.4) is 0 Å². The summed E-state index contributed by atoms with van der Waals surface area (Å²) in [5.74, 6) is 1.01. The van der Waals surface area contributed by atoms with Crippen molar-refractivity contribution in [3.05, 3.63) is 54.1 Å². The topological polar surface area (TPSA) is 59.6 Å². The lowest BCUT2D eigenvalue weighted by Gasteiger charge is -2.11. The van der Waals surface area contributed by atoms with Gasteiger partial charge in [-0.15, -0.1) is 0 Å². The van der Waals surface area contributed by atoms with Crippen LogP contribution in [0, 0.1) is 0 Å². The van der Waals surface area contributed by atoms with Crippen molar-refractivity contribution in [2.75, 3.05) is 19.5 Å². The van der Waals surface area contributed by atoms with Gasteiger partial charge in [-0.05, 0) is 42.5 Å². The average Bonchev–Trinajstić information content (AvgIpc) is 2.54. The van der Waals surface area contributed by atoms with E-state index in [0.717, 1.165) is 5.69 Å². The quantitative estimate of drug-likeness (QED) is 0.850. The smallest absolute Gasteiger partial charge is 0.257 e. The Morgan fingerprint density at radius 1 is 1.00 bits per heavy atom. The summed E-state index contributed by atoms with van der Waals surface area (Å²) in [5.41, 5.74) is 1.20. The van der Waals surface area contributed by atoms with E-state index in [0.29, 0.717) is 17.1 Å². The van der Waals surface area contributed by atoms with Gasteiger partial charge in [0.2, 0.25) is 0 Å². The van der Waals surface area contributed by atoms with Crippen LogP contribution in [0.4, 0.5) is 5.69 Å². The minimum absolute atomic E-state index is 0.209. The molecule has 2 aromatic carbocycles. The number of nitrogens with one attached hydrogen (secondary N) is 2. The van der Waals surface area contributed by atoms with Crippen LogP contribution in [0.25, 0.3) is 0 Å². The molecule has 0 unspecified atom stereocenters. The number of carbonyl (C=O) groups is 1. The van der Waals surface area contributed by atoms with E-state index in [1.54, 1.807) is 44.6 Å². The van der Waals surface area contributed by atoms with Crippen molar-refractivity contribution in [3.63, 3.8) is 0 Å². The summed E-state index contributed by atoms with van der Waals surface area (Å²) in [6, 6.07) is 14.1. The Morgan fingerprint density at radius 2 is 1.64 bits per heavy atom. The van der Waals surface area contributed by atoms with Crippen molar-refractivity contribution in [2.24, 2.45) is 0 Å². The van der Waals surface area contributed by atoms with E-state index < -0.39 is 0 Å². The number of ether oxygens (including phenoxy) is 2. The number of methoxy groups -OCH3 is 2. The third-order valence-electron chi connectivity index (χ3n) is 2.89. The van der Waals surface area contributed by atoms with Crippen LogP contribution in [-0.2, 0) is 0 Å². The van der Waals surface area contributed by atoms with E-state index in [-0.39, 0.29) is 11.0 Å². The Kier molecular flexibility index (Phi) is 5.32. The van der Waals surface area contributed by atoms with Gasteiger partial charge in [0.25, 0.3) is 5.91 Å². The first-order valence-electron chi connectivity index (χ1n) is 6.53. The lowest BCUT2D eigenvalue weighted by atomic mass is 10.2. The summed E-state index contributed by atoms with van der Waals surface area (Å²) in [6.07, 6.45) is 0. The minimum Gasteiger partial charge on any atom is -0.497 e. The minimum atomic E-state index is -0.306. The molecule has 0 aliphatic heterocycles. The summed E-state index contributed by atoms with van der Waals surface area (Å²) in [7, 11) is 3.13. The second kappa shape index (κ2) is 7.42. The molecule has 2 aromatic rings. The van der Waals surface area contributed by atoms with E-state index in [1.807, 2.05) is 18.2 Å². The van der Waals surface area contributed by atoms with Gasteiger partial charge in [-0.1, -0.05) is 12.1 Å². The average molecular weight is 316 g/mol. The molecule has 0 saturated heterocycles. The second-order valence-electron chi connectivity index (χ2n) is 4.37.